The van der Waals surface area contributed by atoms with Gasteiger partial charge in [-0.15, -0.1) is 0 Å². The molecule has 0 spiro atoms. The van der Waals surface area contributed by atoms with E-state index in [9.17, 15) is 19.5 Å². The number of carbonyl (C=O) groups excluding carboxylic acids is 1. The summed E-state index contributed by atoms with van der Waals surface area (Å²) in [5.41, 5.74) is 0.361. The molecular weight excluding hydrogens is 478 g/mol. The normalized spacial score (nSPS) is 14.3. The molecule has 37 heavy (non-hydrogen) atoms. The Morgan fingerprint density at radius 2 is 1.86 bits per heavy atom. The molecule has 1 aliphatic heterocycles. The van der Waals surface area contributed by atoms with E-state index in [-0.39, 0.29) is 24.3 Å². The van der Waals surface area contributed by atoms with E-state index in [4.69, 9.17) is 0 Å². The number of anilines is 2. The average molecular weight is 506 g/mol. The number of pyridine rings is 1. The molecule has 1 amide bonds. The number of hydrogen-bond acceptors (Lipinski definition) is 9. The maximum Gasteiger partial charge on any atom is 0.332 e. The summed E-state index contributed by atoms with van der Waals surface area (Å²) >= 11 is 0. The monoisotopic (exact) mass is 505 g/mol. The number of rotatable bonds is 7. The van der Waals surface area contributed by atoms with Crippen molar-refractivity contribution in [3.63, 3.8) is 0 Å². The molecule has 192 valence electrons. The number of carbonyl (C=O) groups is 1. The van der Waals surface area contributed by atoms with Gasteiger partial charge in [-0.2, -0.15) is 0 Å². The standard InChI is InChI=1S/C24H27N9O4/c1-15(34)12-33-22(36)20-21(30(2)24(33)37)27-14-32(20)13-19(35)29-18-7-5-6-17(28-18)16-10-25-23(26-11-16)31-8-3-4-9-31/h5-7,10-11,14-15,34H,3-4,8-9,12-13H2,1-2H3,(H,28,29,35). The Hall–Kier alpha value is -4.39. The Balaban J connectivity index is 1.35. The lowest BCUT2D eigenvalue weighted by molar-refractivity contribution is -0.116. The van der Waals surface area contributed by atoms with E-state index < -0.39 is 23.3 Å². The van der Waals surface area contributed by atoms with Gasteiger partial charge in [-0.1, -0.05) is 6.07 Å². The molecule has 0 radical (unpaired) electrons. The molecule has 13 heteroatoms. The number of imidazole rings is 1. The zero-order chi connectivity index (χ0) is 26.1. The van der Waals surface area contributed by atoms with Crippen LogP contribution in [0.1, 0.15) is 19.8 Å². The van der Waals surface area contributed by atoms with Crippen LogP contribution in [0.4, 0.5) is 11.8 Å². The predicted octanol–water partition coefficient (Wildman–Crippen LogP) is 0.368. The Kier molecular flexibility index (Phi) is 6.53. The highest BCUT2D eigenvalue weighted by Gasteiger charge is 2.19. The smallest absolute Gasteiger partial charge is 0.332 e. The van der Waals surface area contributed by atoms with Crippen molar-refractivity contribution in [2.45, 2.75) is 39.0 Å². The lowest BCUT2D eigenvalue weighted by Crippen LogP contribution is -2.42. The van der Waals surface area contributed by atoms with E-state index in [2.05, 4.69) is 30.2 Å². The molecule has 1 saturated heterocycles. The highest BCUT2D eigenvalue weighted by atomic mass is 16.3. The first-order chi connectivity index (χ1) is 17.8. The van der Waals surface area contributed by atoms with Crippen LogP contribution < -0.4 is 21.5 Å². The number of fused-ring (bicyclic) bond motifs is 1. The van der Waals surface area contributed by atoms with E-state index in [0.29, 0.717) is 17.5 Å². The SMILES string of the molecule is CC(O)Cn1c(=O)c2c(ncn2CC(=O)Nc2cccc(-c3cnc(N4CCCC4)nc3)n2)n(C)c1=O. The summed E-state index contributed by atoms with van der Waals surface area (Å²) in [6, 6.07) is 5.23. The minimum absolute atomic E-state index is 0.0925. The number of nitrogens with zero attached hydrogens (tertiary/aromatic N) is 8. The van der Waals surface area contributed by atoms with Crippen LogP contribution in [0.15, 0.2) is 46.5 Å². The van der Waals surface area contributed by atoms with Crippen LogP contribution in [0.3, 0.4) is 0 Å². The number of aliphatic hydroxyl groups is 1. The third-order valence-corrected chi connectivity index (χ3v) is 6.20. The van der Waals surface area contributed by atoms with Gasteiger partial charge in [-0.25, -0.2) is 24.7 Å². The highest BCUT2D eigenvalue weighted by Crippen LogP contribution is 2.20. The van der Waals surface area contributed by atoms with Crippen LogP contribution in [0.25, 0.3) is 22.4 Å². The summed E-state index contributed by atoms with van der Waals surface area (Å²) < 4.78 is 3.53. The minimum atomic E-state index is -0.900. The maximum absolute atomic E-state index is 13.0. The van der Waals surface area contributed by atoms with Crippen LogP contribution in [-0.2, 0) is 24.9 Å². The molecule has 1 aliphatic rings. The van der Waals surface area contributed by atoms with Gasteiger partial charge >= 0.3 is 5.69 Å². The van der Waals surface area contributed by atoms with Crippen LogP contribution in [0.2, 0.25) is 0 Å². The van der Waals surface area contributed by atoms with Crippen molar-refractivity contribution >= 4 is 28.8 Å². The second-order valence-corrected chi connectivity index (χ2v) is 9.07. The van der Waals surface area contributed by atoms with Gasteiger partial charge in [0.15, 0.2) is 11.2 Å². The van der Waals surface area contributed by atoms with Gasteiger partial charge in [0.05, 0.1) is 24.7 Å². The zero-order valence-electron chi connectivity index (χ0n) is 20.5. The van der Waals surface area contributed by atoms with E-state index in [1.54, 1.807) is 30.6 Å². The van der Waals surface area contributed by atoms with Crippen molar-refractivity contribution in [3.05, 3.63) is 57.8 Å². The second kappa shape index (κ2) is 9.93. The fourth-order valence-corrected chi connectivity index (χ4v) is 4.40. The Morgan fingerprint density at radius 1 is 1.14 bits per heavy atom. The first kappa shape index (κ1) is 24.3. The van der Waals surface area contributed by atoms with Crippen molar-refractivity contribution in [2.75, 3.05) is 23.3 Å². The molecule has 0 aliphatic carbocycles. The quantitative estimate of drug-likeness (QED) is 0.363. The molecule has 0 bridgehead atoms. The number of nitrogens with one attached hydrogen (secondary N) is 1. The zero-order valence-corrected chi connectivity index (χ0v) is 20.5. The fraction of sp³-hybridized carbons (Fsp3) is 0.375. The second-order valence-electron chi connectivity index (χ2n) is 9.07. The van der Waals surface area contributed by atoms with Gasteiger partial charge in [0.2, 0.25) is 11.9 Å². The summed E-state index contributed by atoms with van der Waals surface area (Å²) in [5.74, 6) is 0.595. The highest BCUT2D eigenvalue weighted by molar-refractivity contribution is 5.90. The van der Waals surface area contributed by atoms with Crippen LogP contribution in [0, 0.1) is 0 Å². The third-order valence-electron chi connectivity index (χ3n) is 6.20. The molecule has 2 N–H and O–H groups in total. The number of amides is 1. The molecule has 1 unspecified atom stereocenters. The van der Waals surface area contributed by atoms with Gasteiger partial charge in [0.25, 0.3) is 5.56 Å². The third kappa shape index (κ3) is 4.85. The van der Waals surface area contributed by atoms with Crippen molar-refractivity contribution in [1.29, 1.82) is 0 Å². The molecule has 5 rings (SSSR count). The topological polar surface area (TPSA) is 153 Å². The Morgan fingerprint density at radius 3 is 2.57 bits per heavy atom. The first-order valence-electron chi connectivity index (χ1n) is 12.0. The molecule has 4 aromatic rings. The van der Waals surface area contributed by atoms with Crippen LogP contribution in [0.5, 0.6) is 0 Å². The fourth-order valence-electron chi connectivity index (χ4n) is 4.40. The summed E-state index contributed by atoms with van der Waals surface area (Å²) in [7, 11) is 1.48. The van der Waals surface area contributed by atoms with Crippen molar-refractivity contribution in [1.82, 2.24) is 33.6 Å². The van der Waals surface area contributed by atoms with Gasteiger partial charge in [0, 0.05) is 38.1 Å². The van der Waals surface area contributed by atoms with Gasteiger partial charge in [0.1, 0.15) is 12.4 Å². The summed E-state index contributed by atoms with van der Waals surface area (Å²) in [4.78, 5) is 58.1. The first-order valence-corrected chi connectivity index (χ1v) is 12.0. The van der Waals surface area contributed by atoms with Gasteiger partial charge in [-0.05, 0) is 31.9 Å². The van der Waals surface area contributed by atoms with E-state index in [1.165, 1.54) is 29.4 Å². The number of hydrogen-bond donors (Lipinski definition) is 2. The minimum Gasteiger partial charge on any atom is -0.392 e. The van der Waals surface area contributed by atoms with Crippen molar-refractivity contribution < 1.29 is 9.90 Å². The summed E-state index contributed by atoms with van der Waals surface area (Å²) in [6.45, 7) is 3.00. The molecular formula is C24H27N9O4. The van der Waals surface area contributed by atoms with Crippen molar-refractivity contribution in [3.8, 4) is 11.3 Å². The van der Waals surface area contributed by atoms with Gasteiger partial charge < -0.3 is 19.9 Å². The predicted molar refractivity (Wildman–Crippen MR) is 136 cm³/mol. The Bertz CT molecular complexity index is 1560. The largest absolute Gasteiger partial charge is 0.392 e. The molecule has 0 saturated carbocycles. The average Bonchev–Trinajstić information content (AvgIpc) is 3.56. The lowest BCUT2D eigenvalue weighted by atomic mass is 10.2. The summed E-state index contributed by atoms with van der Waals surface area (Å²) in [5, 5.41) is 12.4. The lowest BCUT2D eigenvalue weighted by Gasteiger charge is -2.14. The molecule has 1 atom stereocenters. The molecule has 13 nitrogen and oxygen atoms in total. The molecule has 5 heterocycles. The number of aromatic nitrogens is 7. The number of aryl methyl sites for hydroxylation is 1. The van der Waals surface area contributed by atoms with E-state index >= 15 is 0 Å². The number of aliphatic hydroxyl groups excluding tert-OH is 1. The van der Waals surface area contributed by atoms with Crippen LogP contribution in [-0.4, -0.2) is 63.8 Å². The molecule has 1 fully saturated rings. The maximum atomic E-state index is 13.0. The van der Waals surface area contributed by atoms with Gasteiger partial charge in [-0.3, -0.25) is 18.7 Å². The molecule has 0 aromatic carbocycles. The summed E-state index contributed by atoms with van der Waals surface area (Å²) in [6.07, 6.45) is 6.14. The molecule has 4 aromatic heterocycles. The van der Waals surface area contributed by atoms with E-state index in [1.807, 2.05) is 0 Å². The van der Waals surface area contributed by atoms with Crippen molar-refractivity contribution in [2.24, 2.45) is 7.05 Å². The van der Waals surface area contributed by atoms with Crippen LogP contribution >= 0.6 is 0 Å². The van der Waals surface area contributed by atoms with E-state index in [0.717, 1.165) is 36.1 Å². The Labute approximate surface area is 211 Å².